The smallest absolute Gasteiger partial charge is 0.124 e. The largest absolute Gasteiger partial charge is 0.497 e. The highest BCUT2D eigenvalue weighted by atomic mass is 127. The third-order valence-electron chi connectivity index (χ3n) is 3.32. The molecule has 112 valence electrons. The highest BCUT2D eigenvalue weighted by Gasteiger charge is 2.16. The van der Waals surface area contributed by atoms with Gasteiger partial charge in [-0.2, -0.15) is 0 Å². The number of ether oxygens (including phenoxy) is 1. The molecule has 2 aromatic rings. The Labute approximate surface area is 138 Å². The zero-order valence-electron chi connectivity index (χ0n) is 12.2. The van der Waals surface area contributed by atoms with Gasteiger partial charge in [-0.1, -0.05) is 25.1 Å². The first kappa shape index (κ1) is 16.2. The molecule has 0 aliphatic rings. The van der Waals surface area contributed by atoms with Crippen LogP contribution in [0.15, 0.2) is 42.5 Å². The average molecular weight is 399 g/mol. The van der Waals surface area contributed by atoms with Crippen LogP contribution in [-0.2, 0) is 0 Å². The van der Waals surface area contributed by atoms with E-state index in [1.54, 1.807) is 13.2 Å². The van der Waals surface area contributed by atoms with Crippen molar-refractivity contribution < 1.29 is 9.13 Å². The molecule has 0 spiro atoms. The van der Waals surface area contributed by atoms with Crippen LogP contribution in [0.5, 0.6) is 5.75 Å². The van der Waals surface area contributed by atoms with Crippen LogP contribution in [0.25, 0.3) is 0 Å². The number of rotatable bonds is 6. The van der Waals surface area contributed by atoms with Gasteiger partial charge < -0.3 is 10.1 Å². The van der Waals surface area contributed by atoms with Crippen LogP contribution in [0, 0.1) is 9.39 Å². The molecule has 1 unspecified atom stereocenters. The maximum Gasteiger partial charge on any atom is 0.124 e. The van der Waals surface area contributed by atoms with Gasteiger partial charge in [-0.3, -0.25) is 0 Å². The Morgan fingerprint density at radius 3 is 2.48 bits per heavy atom. The first-order chi connectivity index (χ1) is 10.2. The van der Waals surface area contributed by atoms with Gasteiger partial charge in [0.2, 0.25) is 0 Å². The lowest BCUT2D eigenvalue weighted by Crippen LogP contribution is -2.24. The van der Waals surface area contributed by atoms with E-state index in [0.29, 0.717) is 0 Å². The molecule has 0 radical (unpaired) electrons. The third kappa shape index (κ3) is 4.17. The monoisotopic (exact) mass is 399 g/mol. The summed E-state index contributed by atoms with van der Waals surface area (Å²) >= 11 is 2.19. The number of hydrogen-bond acceptors (Lipinski definition) is 2. The number of benzene rings is 2. The summed E-state index contributed by atoms with van der Waals surface area (Å²) in [5.41, 5.74) is 2.24. The van der Waals surface area contributed by atoms with Gasteiger partial charge in [-0.05, 0) is 70.9 Å². The van der Waals surface area contributed by atoms with Gasteiger partial charge in [0.05, 0.1) is 13.2 Å². The van der Waals surface area contributed by atoms with E-state index in [1.165, 1.54) is 6.07 Å². The highest BCUT2D eigenvalue weighted by molar-refractivity contribution is 14.1. The minimum atomic E-state index is -0.202. The molecule has 1 N–H and O–H groups in total. The molecule has 0 aliphatic carbocycles. The van der Waals surface area contributed by atoms with Crippen molar-refractivity contribution in [2.75, 3.05) is 13.7 Å². The minimum Gasteiger partial charge on any atom is -0.497 e. The molecular formula is C17H19FINO. The second-order valence-corrected chi connectivity index (χ2v) is 5.99. The molecule has 0 bridgehead atoms. The summed E-state index contributed by atoms with van der Waals surface area (Å²) in [5.74, 6) is 0.633. The van der Waals surface area contributed by atoms with E-state index in [0.717, 1.165) is 33.4 Å². The van der Waals surface area contributed by atoms with Crippen LogP contribution >= 0.6 is 22.6 Å². The van der Waals surface area contributed by atoms with Gasteiger partial charge in [0.15, 0.2) is 0 Å². The molecule has 0 amide bonds. The van der Waals surface area contributed by atoms with E-state index < -0.39 is 0 Å². The molecule has 0 fully saturated rings. The summed E-state index contributed by atoms with van der Waals surface area (Å²) in [7, 11) is 1.66. The van der Waals surface area contributed by atoms with Gasteiger partial charge in [0.1, 0.15) is 11.6 Å². The number of methoxy groups -OCH3 is 1. The Kier molecular flexibility index (Phi) is 5.99. The van der Waals surface area contributed by atoms with Crippen molar-refractivity contribution in [1.82, 2.24) is 5.32 Å². The standard InChI is InChI=1S/C17H19FINO/c1-3-10-20-17(12-4-7-14(21-2)8-5-12)15-9-6-13(18)11-16(15)19/h4-9,11,17,20H,3,10H2,1-2H3. The first-order valence-corrected chi connectivity index (χ1v) is 8.06. The van der Waals surface area contributed by atoms with Gasteiger partial charge in [0.25, 0.3) is 0 Å². The summed E-state index contributed by atoms with van der Waals surface area (Å²) in [6.45, 7) is 3.04. The van der Waals surface area contributed by atoms with Crippen molar-refractivity contribution in [3.05, 3.63) is 63.0 Å². The molecule has 1 atom stereocenters. The lowest BCUT2D eigenvalue weighted by molar-refractivity contribution is 0.414. The van der Waals surface area contributed by atoms with E-state index >= 15 is 0 Å². The zero-order valence-corrected chi connectivity index (χ0v) is 14.4. The fourth-order valence-corrected chi connectivity index (χ4v) is 3.02. The highest BCUT2D eigenvalue weighted by Crippen LogP contribution is 2.28. The molecule has 0 aromatic heterocycles. The van der Waals surface area contributed by atoms with Crippen molar-refractivity contribution in [3.63, 3.8) is 0 Å². The van der Waals surface area contributed by atoms with Crippen LogP contribution < -0.4 is 10.1 Å². The topological polar surface area (TPSA) is 21.3 Å². The second kappa shape index (κ2) is 7.75. The van der Waals surface area contributed by atoms with Gasteiger partial charge in [0, 0.05) is 3.57 Å². The Morgan fingerprint density at radius 2 is 1.90 bits per heavy atom. The first-order valence-electron chi connectivity index (χ1n) is 6.98. The van der Waals surface area contributed by atoms with E-state index in [-0.39, 0.29) is 11.9 Å². The van der Waals surface area contributed by atoms with E-state index in [2.05, 4.69) is 34.8 Å². The molecule has 0 saturated heterocycles. The summed E-state index contributed by atoms with van der Waals surface area (Å²) in [6, 6.07) is 13.0. The summed E-state index contributed by atoms with van der Waals surface area (Å²) in [5, 5.41) is 3.53. The third-order valence-corrected chi connectivity index (χ3v) is 4.26. The Morgan fingerprint density at radius 1 is 1.19 bits per heavy atom. The predicted octanol–water partition coefficient (Wildman–Crippen LogP) is 4.53. The van der Waals surface area contributed by atoms with Crippen molar-refractivity contribution in [2.45, 2.75) is 19.4 Å². The fraction of sp³-hybridized carbons (Fsp3) is 0.294. The Bertz CT molecular complexity index is 586. The molecule has 2 rings (SSSR count). The SMILES string of the molecule is CCCNC(c1ccc(OC)cc1)c1ccc(F)cc1I. The second-order valence-electron chi connectivity index (χ2n) is 4.83. The molecule has 21 heavy (non-hydrogen) atoms. The lowest BCUT2D eigenvalue weighted by Gasteiger charge is -2.21. The van der Waals surface area contributed by atoms with Crippen molar-refractivity contribution in [2.24, 2.45) is 0 Å². The van der Waals surface area contributed by atoms with Crippen LogP contribution in [0.4, 0.5) is 4.39 Å². The maximum absolute atomic E-state index is 13.3. The normalized spacial score (nSPS) is 12.2. The number of halogens is 2. The molecule has 2 aromatic carbocycles. The molecule has 4 heteroatoms. The molecule has 0 saturated carbocycles. The van der Waals surface area contributed by atoms with Gasteiger partial charge in [-0.25, -0.2) is 4.39 Å². The lowest BCUT2D eigenvalue weighted by atomic mass is 9.98. The summed E-state index contributed by atoms with van der Waals surface area (Å²) in [4.78, 5) is 0. The van der Waals surface area contributed by atoms with Crippen molar-refractivity contribution in [1.29, 1.82) is 0 Å². The zero-order chi connectivity index (χ0) is 15.2. The van der Waals surface area contributed by atoms with Crippen LogP contribution in [0.2, 0.25) is 0 Å². The molecule has 2 nitrogen and oxygen atoms in total. The summed E-state index contributed by atoms with van der Waals surface area (Å²) < 4.78 is 19.5. The summed E-state index contributed by atoms with van der Waals surface area (Å²) in [6.07, 6.45) is 1.05. The Hall–Kier alpha value is -1.14. The van der Waals surface area contributed by atoms with Crippen LogP contribution in [0.1, 0.15) is 30.5 Å². The van der Waals surface area contributed by atoms with E-state index in [1.807, 2.05) is 30.3 Å². The molecular weight excluding hydrogens is 380 g/mol. The van der Waals surface area contributed by atoms with Gasteiger partial charge in [-0.15, -0.1) is 0 Å². The quantitative estimate of drug-likeness (QED) is 0.721. The predicted molar refractivity (Wildman–Crippen MR) is 92.2 cm³/mol. The van der Waals surface area contributed by atoms with Crippen molar-refractivity contribution >= 4 is 22.6 Å². The minimum absolute atomic E-state index is 0.0587. The number of nitrogens with one attached hydrogen (secondary N) is 1. The number of hydrogen-bond donors (Lipinski definition) is 1. The fourth-order valence-electron chi connectivity index (χ4n) is 2.23. The van der Waals surface area contributed by atoms with Crippen molar-refractivity contribution in [3.8, 4) is 5.75 Å². The van der Waals surface area contributed by atoms with E-state index in [4.69, 9.17) is 4.74 Å². The molecule has 0 aliphatic heterocycles. The van der Waals surface area contributed by atoms with Crippen LogP contribution in [-0.4, -0.2) is 13.7 Å². The van der Waals surface area contributed by atoms with Gasteiger partial charge >= 0.3 is 0 Å². The van der Waals surface area contributed by atoms with Crippen LogP contribution in [0.3, 0.4) is 0 Å². The average Bonchev–Trinajstić information content (AvgIpc) is 2.50. The molecule has 0 heterocycles. The Balaban J connectivity index is 2.36. The van der Waals surface area contributed by atoms with E-state index in [9.17, 15) is 4.39 Å². The maximum atomic E-state index is 13.3.